The number of hydrogen-bond acceptors (Lipinski definition) is 4. The first-order valence-electron chi connectivity index (χ1n) is 7.62. The van der Waals surface area contributed by atoms with Gasteiger partial charge in [0, 0.05) is 5.92 Å². The van der Waals surface area contributed by atoms with Crippen LogP contribution in [0.15, 0.2) is 48.5 Å². The third kappa shape index (κ3) is 3.81. The first kappa shape index (κ1) is 17.7. The van der Waals surface area contributed by atoms with Crippen LogP contribution in [0.3, 0.4) is 0 Å². The highest BCUT2D eigenvalue weighted by molar-refractivity contribution is 5.79. The minimum atomic E-state index is -1.08. The van der Waals surface area contributed by atoms with E-state index in [4.69, 9.17) is 15.6 Å². The van der Waals surface area contributed by atoms with Gasteiger partial charge in [-0.3, -0.25) is 9.59 Å². The molecule has 0 amide bonds. The van der Waals surface area contributed by atoms with E-state index in [-0.39, 0.29) is 5.92 Å². The maximum absolute atomic E-state index is 10.4. The largest absolute Gasteiger partial charge is 0.480 e. The molecule has 0 saturated carbocycles. The smallest absolute Gasteiger partial charge is 0.323 e. The summed E-state index contributed by atoms with van der Waals surface area (Å²) in [5.41, 5.74) is 8.99. The lowest BCUT2D eigenvalue weighted by Crippen LogP contribution is -2.41. The first-order chi connectivity index (χ1) is 11.4. The van der Waals surface area contributed by atoms with Gasteiger partial charge in [0.05, 0.1) is 0 Å². The van der Waals surface area contributed by atoms with E-state index in [0.717, 1.165) is 0 Å². The molecule has 0 aromatic heterocycles. The predicted octanol–water partition coefficient (Wildman–Crippen LogP) is 2.78. The molecule has 24 heavy (non-hydrogen) atoms. The van der Waals surface area contributed by atoms with E-state index in [0.29, 0.717) is 13.1 Å². The van der Waals surface area contributed by atoms with E-state index in [1.54, 1.807) is 0 Å². The Morgan fingerprint density at radius 1 is 1.12 bits per heavy atom. The zero-order valence-corrected chi connectivity index (χ0v) is 13.7. The third-order valence-electron chi connectivity index (χ3n) is 3.84. The summed E-state index contributed by atoms with van der Waals surface area (Å²) in [5, 5.41) is 8.12. The van der Waals surface area contributed by atoms with Gasteiger partial charge in [-0.05, 0) is 36.1 Å². The van der Waals surface area contributed by atoms with Crippen molar-refractivity contribution in [3.05, 3.63) is 59.7 Å². The zero-order valence-electron chi connectivity index (χ0n) is 13.7. The third-order valence-corrected chi connectivity index (χ3v) is 3.84. The van der Waals surface area contributed by atoms with Crippen LogP contribution in [0.2, 0.25) is 0 Å². The van der Waals surface area contributed by atoms with Crippen molar-refractivity contribution in [3.63, 3.8) is 0 Å². The van der Waals surface area contributed by atoms with Gasteiger partial charge in [-0.25, -0.2) is 0 Å². The molecule has 0 bridgehead atoms. The second-order valence-corrected chi connectivity index (χ2v) is 6.18. The number of carbonyl (C=O) groups is 2. The minimum Gasteiger partial charge on any atom is -0.480 e. The second-order valence-electron chi connectivity index (χ2n) is 6.18. The van der Waals surface area contributed by atoms with Crippen LogP contribution >= 0.6 is 0 Å². The van der Waals surface area contributed by atoms with Crippen molar-refractivity contribution in [1.82, 2.24) is 0 Å². The van der Waals surface area contributed by atoms with Crippen molar-refractivity contribution in [2.45, 2.75) is 25.3 Å². The summed E-state index contributed by atoms with van der Waals surface area (Å²) in [7, 11) is 0. The molecule has 2 aromatic carbocycles. The molecule has 1 aliphatic carbocycles. The van der Waals surface area contributed by atoms with Gasteiger partial charge in [0.15, 0.2) is 0 Å². The molecular weight excluding hydrogens is 306 g/mol. The summed E-state index contributed by atoms with van der Waals surface area (Å²) >= 11 is 0. The average Bonchev–Trinajstić information content (AvgIpc) is 2.87. The van der Waals surface area contributed by atoms with Crippen LogP contribution in [-0.2, 0) is 14.3 Å². The Morgan fingerprint density at radius 2 is 1.54 bits per heavy atom. The Labute approximate surface area is 141 Å². The van der Waals surface area contributed by atoms with E-state index < -0.39 is 11.5 Å². The summed E-state index contributed by atoms with van der Waals surface area (Å²) in [6.45, 7) is 3.81. The maximum Gasteiger partial charge on any atom is 0.323 e. The molecule has 0 atom stereocenters. The van der Waals surface area contributed by atoms with Crippen LogP contribution in [-0.4, -0.2) is 29.7 Å². The molecule has 5 nitrogen and oxygen atoms in total. The average molecular weight is 327 g/mol. The highest BCUT2D eigenvalue weighted by Crippen LogP contribution is 2.44. The number of nitrogens with two attached hydrogens (primary N) is 1. The number of ether oxygens (including phenoxy) is 1. The zero-order chi connectivity index (χ0) is 17.7. The molecule has 3 rings (SSSR count). The Kier molecular flexibility index (Phi) is 5.36. The summed E-state index contributed by atoms with van der Waals surface area (Å²) in [6.07, 6.45) is 0. The number of hydrogen-bond donors (Lipinski definition) is 2. The normalized spacial score (nSPS) is 12.5. The Hall–Kier alpha value is -2.66. The van der Waals surface area contributed by atoms with Crippen molar-refractivity contribution in [3.8, 4) is 11.1 Å². The van der Waals surface area contributed by atoms with E-state index in [1.807, 2.05) is 24.3 Å². The number of carboxylic acid groups (broad SMARTS) is 1. The second kappa shape index (κ2) is 7.27. The fraction of sp³-hybridized carbons (Fsp3) is 0.263. The molecule has 0 saturated heterocycles. The molecule has 3 N–H and O–H groups in total. The van der Waals surface area contributed by atoms with Crippen LogP contribution < -0.4 is 5.73 Å². The Bertz CT molecular complexity index is 689. The molecule has 5 heteroatoms. The van der Waals surface area contributed by atoms with Gasteiger partial charge in [0.25, 0.3) is 6.47 Å². The molecule has 0 aliphatic heterocycles. The molecular formula is C19H21NO4. The van der Waals surface area contributed by atoms with E-state index in [1.165, 1.54) is 36.1 Å². The van der Waals surface area contributed by atoms with Crippen LogP contribution in [0.4, 0.5) is 0 Å². The van der Waals surface area contributed by atoms with E-state index in [2.05, 4.69) is 24.3 Å². The van der Waals surface area contributed by atoms with E-state index in [9.17, 15) is 9.59 Å². The first-order valence-corrected chi connectivity index (χ1v) is 7.62. The molecule has 0 fully saturated rings. The van der Waals surface area contributed by atoms with Crippen LogP contribution in [0, 0.1) is 0 Å². The van der Waals surface area contributed by atoms with Crippen molar-refractivity contribution < 1.29 is 19.4 Å². The Balaban J connectivity index is 0.000000256. The molecule has 0 radical (unpaired) electrons. The molecule has 0 unspecified atom stereocenters. The number of fused-ring (bicyclic) bond motifs is 3. The predicted molar refractivity (Wildman–Crippen MR) is 91.6 cm³/mol. The van der Waals surface area contributed by atoms with Gasteiger partial charge < -0.3 is 15.6 Å². The van der Waals surface area contributed by atoms with Crippen LogP contribution in [0.1, 0.15) is 30.9 Å². The fourth-order valence-corrected chi connectivity index (χ4v) is 2.57. The number of carboxylic acids is 1. The summed E-state index contributed by atoms with van der Waals surface area (Å²) in [6, 6.07) is 16.6. The fourth-order valence-electron chi connectivity index (χ4n) is 2.57. The van der Waals surface area contributed by atoms with Gasteiger partial charge >= 0.3 is 5.97 Å². The van der Waals surface area contributed by atoms with Crippen molar-refractivity contribution in [2.24, 2.45) is 5.73 Å². The molecule has 0 heterocycles. The quantitative estimate of drug-likeness (QED) is 0.843. The summed E-state index contributed by atoms with van der Waals surface area (Å²) in [5.74, 6) is -0.805. The van der Waals surface area contributed by atoms with Gasteiger partial charge in [0.1, 0.15) is 12.1 Å². The lowest BCUT2D eigenvalue weighted by atomic mass is 9.98. The SMILES string of the molecule is CC(C)(N)C(=O)O.O=COCC1c2ccccc2-c2ccccc21. The number of carbonyl (C=O) groups excluding carboxylic acids is 1. The lowest BCUT2D eigenvalue weighted by molar-refractivity contribution is -0.142. The van der Waals surface area contributed by atoms with Crippen molar-refractivity contribution in [2.75, 3.05) is 6.61 Å². The minimum absolute atomic E-state index is 0.174. The molecule has 126 valence electrons. The highest BCUT2D eigenvalue weighted by Gasteiger charge is 2.28. The Morgan fingerprint density at radius 3 is 1.92 bits per heavy atom. The number of rotatable bonds is 4. The van der Waals surface area contributed by atoms with Crippen LogP contribution in [0.5, 0.6) is 0 Å². The van der Waals surface area contributed by atoms with Crippen molar-refractivity contribution >= 4 is 12.4 Å². The highest BCUT2D eigenvalue weighted by atomic mass is 16.5. The molecule has 2 aromatic rings. The maximum atomic E-state index is 10.4. The van der Waals surface area contributed by atoms with Gasteiger partial charge in [0.2, 0.25) is 0 Å². The lowest BCUT2D eigenvalue weighted by Gasteiger charge is -2.11. The molecule has 0 spiro atoms. The standard InChI is InChI=1S/C15H12O2.C4H9NO2/c16-10-17-9-15-13-7-3-1-5-11(13)12-6-2-4-8-14(12)15;1-4(2,5)3(6)7/h1-8,10,15H,9H2;5H2,1-2H3,(H,6,7). The summed E-state index contributed by atoms with van der Waals surface area (Å²) in [4.78, 5) is 20.3. The van der Waals surface area contributed by atoms with Crippen molar-refractivity contribution in [1.29, 1.82) is 0 Å². The summed E-state index contributed by atoms with van der Waals surface area (Å²) < 4.78 is 4.95. The van der Waals surface area contributed by atoms with E-state index >= 15 is 0 Å². The number of benzene rings is 2. The van der Waals surface area contributed by atoms with Gasteiger partial charge in [-0.1, -0.05) is 48.5 Å². The molecule has 1 aliphatic rings. The van der Waals surface area contributed by atoms with Gasteiger partial charge in [-0.2, -0.15) is 0 Å². The van der Waals surface area contributed by atoms with Crippen LogP contribution in [0.25, 0.3) is 11.1 Å². The monoisotopic (exact) mass is 327 g/mol. The number of aliphatic carboxylic acids is 1. The topological polar surface area (TPSA) is 89.6 Å². The van der Waals surface area contributed by atoms with Gasteiger partial charge in [-0.15, -0.1) is 0 Å².